The summed E-state index contributed by atoms with van der Waals surface area (Å²) in [5.74, 6) is 0.791. The van der Waals surface area contributed by atoms with Gasteiger partial charge in [0.15, 0.2) is 0 Å². The summed E-state index contributed by atoms with van der Waals surface area (Å²) in [4.78, 5) is 19.1. The number of pyridine rings is 1. The highest BCUT2D eigenvalue weighted by Crippen LogP contribution is 2.21. The molecule has 2 N–H and O–H groups in total. The molecule has 5 heteroatoms. The van der Waals surface area contributed by atoms with Crippen LogP contribution in [0.2, 0.25) is 0 Å². The van der Waals surface area contributed by atoms with Crippen molar-refractivity contribution in [1.29, 1.82) is 0 Å². The van der Waals surface area contributed by atoms with Gasteiger partial charge in [0.2, 0.25) is 0 Å². The Hall–Kier alpha value is -1.62. The van der Waals surface area contributed by atoms with E-state index in [-0.39, 0.29) is 11.9 Å². The van der Waals surface area contributed by atoms with Crippen molar-refractivity contribution in [2.24, 2.45) is 0 Å². The lowest BCUT2D eigenvalue weighted by molar-refractivity contribution is 0.0950. The van der Waals surface area contributed by atoms with Crippen molar-refractivity contribution in [3.05, 3.63) is 23.9 Å². The van der Waals surface area contributed by atoms with Gasteiger partial charge in [-0.2, -0.15) is 0 Å². The van der Waals surface area contributed by atoms with E-state index in [9.17, 15) is 4.79 Å². The number of aromatic nitrogens is 1. The van der Waals surface area contributed by atoms with E-state index < -0.39 is 0 Å². The van der Waals surface area contributed by atoms with Crippen LogP contribution in [0.5, 0.6) is 0 Å². The summed E-state index contributed by atoms with van der Waals surface area (Å²) < 4.78 is 0. The van der Waals surface area contributed by atoms with E-state index in [4.69, 9.17) is 0 Å². The van der Waals surface area contributed by atoms with Gasteiger partial charge < -0.3 is 15.5 Å². The number of hydrogen-bond acceptors (Lipinski definition) is 4. The van der Waals surface area contributed by atoms with Gasteiger partial charge in [0.05, 0.1) is 5.56 Å². The number of piperidine rings is 1. The predicted octanol–water partition coefficient (Wildman–Crippen LogP) is 1.80. The predicted molar refractivity (Wildman–Crippen MR) is 85.8 cm³/mol. The van der Waals surface area contributed by atoms with Gasteiger partial charge in [-0.25, -0.2) is 4.98 Å². The molecule has 1 saturated heterocycles. The van der Waals surface area contributed by atoms with Crippen LogP contribution in [-0.2, 0) is 0 Å². The molecule has 0 spiro atoms. The fourth-order valence-corrected chi connectivity index (χ4v) is 2.69. The molecule has 5 nitrogen and oxygen atoms in total. The summed E-state index contributed by atoms with van der Waals surface area (Å²) in [5, 5.41) is 6.28. The standard InChI is InChI=1S/C16H26N4O/c1-3-17-13(2)12-19-16(21)14-8-7-9-18-15(14)20-10-5-4-6-11-20/h7-9,13,17H,3-6,10-12H2,1-2H3,(H,19,21)/t13-/m1/s1. The lowest BCUT2D eigenvalue weighted by Crippen LogP contribution is -2.39. The monoisotopic (exact) mass is 290 g/mol. The van der Waals surface area contributed by atoms with Gasteiger partial charge in [-0.05, 0) is 44.9 Å². The third-order valence-corrected chi connectivity index (χ3v) is 3.81. The Morgan fingerprint density at radius 3 is 2.86 bits per heavy atom. The molecule has 0 radical (unpaired) electrons. The highest BCUT2D eigenvalue weighted by Gasteiger charge is 2.19. The van der Waals surface area contributed by atoms with E-state index >= 15 is 0 Å². The highest BCUT2D eigenvalue weighted by molar-refractivity contribution is 5.98. The first-order valence-corrected chi connectivity index (χ1v) is 7.94. The Morgan fingerprint density at radius 2 is 2.14 bits per heavy atom. The molecule has 0 saturated carbocycles. The molecule has 0 unspecified atom stereocenters. The first-order chi connectivity index (χ1) is 10.2. The normalized spacial score (nSPS) is 16.6. The zero-order chi connectivity index (χ0) is 15.1. The van der Waals surface area contributed by atoms with Crippen LogP contribution in [0.4, 0.5) is 5.82 Å². The van der Waals surface area contributed by atoms with E-state index in [0.29, 0.717) is 12.1 Å². The first-order valence-electron chi connectivity index (χ1n) is 7.94. The zero-order valence-corrected chi connectivity index (χ0v) is 13.1. The Bertz CT molecular complexity index is 457. The molecular weight excluding hydrogens is 264 g/mol. The number of nitrogens with zero attached hydrogens (tertiary/aromatic N) is 2. The second-order valence-electron chi connectivity index (χ2n) is 5.59. The number of anilines is 1. The van der Waals surface area contributed by atoms with Crippen LogP contribution < -0.4 is 15.5 Å². The van der Waals surface area contributed by atoms with Crippen LogP contribution in [-0.4, -0.2) is 43.1 Å². The Balaban J connectivity index is 2.03. The molecule has 0 bridgehead atoms. The quantitative estimate of drug-likeness (QED) is 0.839. The summed E-state index contributed by atoms with van der Waals surface area (Å²) in [5.41, 5.74) is 0.683. The third kappa shape index (κ3) is 4.43. The molecule has 1 amide bonds. The summed E-state index contributed by atoms with van der Waals surface area (Å²) in [6.45, 7) is 7.65. The number of carbonyl (C=O) groups excluding carboxylic acids is 1. The van der Waals surface area contributed by atoms with Crippen molar-refractivity contribution in [1.82, 2.24) is 15.6 Å². The minimum absolute atomic E-state index is 0.0339. The van der Waals surface area contributed by atoms with Crippen LogP contribution in [0.15, 0.2) is 18.3 Å². The maximum atomic E-state index is 12.4. The lowest BCUT2D eigenvalue weighted by atomic mass is 10.1. The number of rotatable bonds is 6. The topological polar surface area (TPSA) is 57.3 Å². The fraction of sp³-hybridized carbons (Fsp3) is 0.625. The molecule has 2 rings (SSSR count). The van der Waals surface area contributed by atoms with Crippen molar-refractivity contribution in [2.45, 2.75) is 39.2 Å². The van der Waals surface area contributed by atoms with E-state index in [2.05, 4.69) is 34.4 Å². The summed E-state index contributed by atoms with van der Waals surface area (Å²) in [6, 6.07) is 3.97. The Morgan fingerprint density at radius 1 is 1.38 bits per heavy atom. The molecule has 2 heterocycles. The summed E-state index contributed by atoms with van der Waals surface area (Å²) in [7, 11) is 0. The van der Waals surface area contributed by atoms with Crippen LogP contribution in [0.3, 0.4) is 0 Å². The average molecular weight is 290 g/mol. The third-order valence-electron chi connectivity index (χ3n) is 3.81. The summed E-state index contributed by atoms with van der Waals surface area (Å²) in [6.07, 6.45) is 5.39. The number of carbonyl (C=O) groups is 1. The molecule has 116 valence electrons. The minimum Gasteiger partial charge on any atom is -0.356 e. The molecule has 0 aromatic carbocycles. The van der Waals surface area contributed by atoms with Crippen molar-refractivity contribution in [3.63, 3.8) is 0 Å². The van der Waals surface area contributed by atoms with Gasteiger partial charge in [0, 0.05) is 31.9 Å². The van der Waals surface area contributed by atoms with Gasteiger partial charge in [-0.15, -0.1) is 0 Å². The zero-order valence-electron chi connectivity index (χ0n) is 13.1. The maximum absolute atomic E-state index is 12.4. The van der Waals surface area contributed by atoms with E-state index in [1.165, 1.54) is 19.3 Å². The van der Waals surface area contributed by atoms with Crippen molar-refractivity contribution in [3.8, 4) is 0 Å². The van der Waals surface area contributed by atoms with Gasteiger partial charge in [0.1, 0.15) is 5.82 Å². The molecule has 1 aromatic rings. The fourth-order valence-electron chi connectivity index (χ4n) is 2.69. The highest BCUT2D eigenvalue weighted by atomic mass is 16.1. The lowest BCUT2D eigenvalue weighted by Gasteiger charge is -2.29. The largest absolute Gasteiger partial charge is 0.356 e. The second kappa shape index (κ2) is 7.98. The maximum Gasteiger partial charge on any atom is 0.255 e. The Labute approximate surface area is 127 Å². The first kappa shape index (κ1) is 15.8. The van der Waals surface area contributed by atoms with Gasteiger partial charge in [0.25, 0.3) is 5.91 Å². The van der Waals surface area contributed by atoms with Crippen LogP contribution >= 0.6 is 0 Å². The van der Waals surface area contributed by atoms with Crippen LogP contribution in [0, 0.1) is 0 Å². The number of likely N-dealkylation sites (N-methyl/N-ethyl adjacent to an activating group) is 1. The molecule has 21 heavy (non-hydrogen) atoms. The molecule has 1 aromatic heterocycles. The number of hydrogen-bond donors (Lipinski definition) is 2. The van der Waals surface area contributed by atoms with Crippen LogP contribution in [0.25, 0.3) is 0 Å². The van der Waals surface area contributed by atoms with E-state index in [0.717, 1.165) is 25.5 Å². The molecule has 1 atom stereocenters. The average Bonchev–Trinajstić information content (AvgIpc) is 2.54. The minimum atomic E-state index is -0.0339. The van der Waals surface area contributed by atoms with Gasteiger partial charge >= 0.3 is 0 Å². The van der Waals surface area contributed by atoms with E-state index in [1.54, 1.807) is 6.20 Å². The van der Waals surface area contributed by atoms with Crippen molar-refractivity contribution < 1.29 is 4.79 Å². The Kier molecular flexibility index (Phi) is 5.99. The van der Waals surface area contributed by atoms with Gasteiger partial charge in [-0.1, -0.05) is 6.92 Å². The summed E-state index contributed by atoms with van der Waals surface area (Å²) >= 11 is 0. The molecule has 1 aliphatic heterocycles. The van der Waals surface area contributed by atoms with Crippen LogP contribution in [0.1, 0.15) is 43.5 Å². The number of amides is 1. The van der Waals surface area contributed by atoms with Crippen molar-refractivity contribution >= 4 is 11.7 Å². The van der Waals surface area contributed by atoms with Gasteiger partial charge in [-0.3, -0.25) is 4.79 Å². The second-order valence-corrected chi connectivity index (χ2v) is 5.59. The SMILES string of the molecule is CCN[C@H](C)CNC(=O)c1cccnc1N1CCCCC1. The molecular formula is C16H26N4O. The molecule has 0 aliphatic carbocycles. The molecule has 1 aliphatic rings. The van der Waals surface area contributed by atoms with Crippen molar-refractivity contribution in [2.75, 3.05) is 31.1 Å². The smallest absolute Gasteiger partial charge is 0.255 e. The number of nitrogens with one attached hydrogen (secondary N) is 2. The van der Waals surface area contributed by atoms with E-state index in [1.807, 2.05) is 12.1 Å². The molecule has 1 fully saturated rings.